The quantitative estimate of drug-likeness (QED) is 0.200. The number of aliphatic hydroxyl groups excluding tert-OH is 6. The lowest BCUT2D eigenvalue weighted by Crippen LogP contribution is -2.60. The molecule has 14 nitrogen and oxygen atoms in total. The first-order chi connectivity index (χ1) is 19.0. The van der Waals surface area contributed by atoms with Crippen LogP contribution in [0.3, 0.4) is 0 Å². The zero-order valence-corrected chi connectivity index (χ0v) is 20.8. The molecule has 3 aliphatic heterocycles. The average Bonchev–Trinajstić information content (AvgIpc) is 2.92. The Bertz CT molecular complexity index is 1230. The molecule has 218 valence electrons. The lowest BCUT2D eigenvalue weighted by molar-refractivity contribution is -0.325. The van der Waals surface area contributed by atoms with Crippen molar-refractivity contribution in [2.24, 2.45) is 0 Å². The smallest absolute Gasteiger partial charge is 0.186 e. The van der Waals surface area contributed by atoms with Gasteiger partial charge in [-0.25, -0.2) is 0 Å². The minimum atomic E-state index is -1.84. The summed E-state index contributed by atoms with van der Waals surface area (Å²) in [7, 11) is 0. The van der Waals surface area contributed by atoms with E-state index in [9.17, 15) is 50.8 Å². The standard InChI is InChI=1S/C26H30O14/c27-7-16-20(33)22(35)25(40-26-23(36)19(32)13(31)8-37-26)24(39-16)18-12(30)6-15-17(21(18)34)11(29)5-14(38-15)9-1-3-10(28)4-2-9/h1-4,6,13-14,16,19-20,22-28,30-36H,5,7-8H2/t13-,14-,16+,19-,20-,22-,23-,24-,25-,26+/m1/s1. The number of ketones is 1. The average molecular weight is 567 g/mol. The highest BCUT2D eigenvalue weighted by Crippen LogP contribution is 2.50. The van der Waals surface area contributed by atoms with Gasteiger partial charge < -0.3 is 64.9 Å². The molecule has 3 heterocycles. The first kappa shape index (κ1) is 28.5. The summed E-state index contributed by atoms with van der Waals surface area (Å²) in [6.07, 6.45) is -15.8. The molecule has 0 aromatic heterocycles. The first-order valence-electron chi connectivity index (χ1n) is 12.5. The maximum Gasteiger partial charge on any atom is 0.186 e. The molecule has 10 atom stereocenters. The summed E-state index contributed by atoms with van der Waals surface area (Å²) in [5.41, 5.74) is -0.164. The molecule has 2 aromatic rings. The lowest BCUT2D eigenvalue weighted by atomic mass is 9.87. The Hall–Kier alpha value is -3.05. The molecule has 0 amide bonds. The number of phenols is 3. The summed E-state index contributed by atoms with van der Waals surface area (Å²) in [4.78, 5) is 13.2. The predicted octanol–water partition coefficient (Wildman–Crippen LogP) is -1.51. The number of aromatic hydroxyl groups is 3. The predicted molar refractivity (Wildman–Crippen MR) is 130 cm³/mol. The van der Waals surface area contributed by atoms with Crippen LogP contribution in [0.15, 0.2) is 30.3 Å². The van der Waals surface area contributed by atoms with Gasteiger partial charge in [-0.2, -0.15) is 0 Å². The molecule has 0 bridgehead atoms. The van der Waals surface area contributed by atoms with Crippen molar-refractivity contribution in [3.8, 4) is 23.0 Å². The Morgan fingerprint density at radius 3 is 2.30 bits per heavy atom. The maximum atomic E-state index is 13.2. The van der Waals surface area contributed by atoms with E-state index in [1.54, 1.807) is 12.1 Å². The van der Waals surface area contributed by atoms with Crippen LogP contribution in [0.2, 0.25) is 0 Å². The number of fused-ring (bicyclic) bond motifs is 1. The fourth-order valence-corrected chi connectivity index (χ4v) is 5.16. The van der Waals surface area contributed by atoms with E-state index in [1.807, 2.05) is 0 Å². The van der Waals surface area contributed by atoms with Gasteiger partial charge in [-0.05, 0) is 17.7 Å². The summed E-state index contributed by atoms with van der Waals surface area (Å²) in [5, 5.41) is 92.8. The third-order valence-electron chi connectivity index (χ3n) is 7.36. The van der Waals surface area contributed by atoms with Gasteiger partial charge in [0.2, 0.25) is 0 Å². The second kappa shape index (κ2) is 11.1. The number of hydrogen-bond acceptors (Lipinski definition) is 14. The number of ether oxygens (including phenoxy) is 4. The van der Waals surface area contributed by atoms with Gasteiger partial charge in [0.15, 0.2) is 12.1 Å². The Morgan fingerprint density at radius 2 is 1.62 bits per heavy atom. The fraction of sp³-hybridized carbons (Fsp3) is 0.500. The van der Waals surface area contributed by atoms with Crippen molar-refractivity contribution in [2.45, 2.75) is 67.6 Å². The van der Waals surface area contributed by atoms with E-state index in [2.05, 4.69) is 0 Å². The topological polar surface area (TPSA) is 236 Å². The maximum absolute atomic E-state index is 13.2. The van der Waals surface area contributed by atoms with Crippen molar-refractivity contribution in [2.75, 3.05) is 13.2 Å². The largest absolute Gasteiger partial charge is 0.508 e. The van der Waals surface area contributed by atoms with Crippen LogP contribution in [0, 0.1) is 0 Å². The van der Waals surface area contributed by atoms with Gasteiger partial charge in [-0.3, -0.25) is 4.79 Å². The summed E-state index contributed by atoms with van der Waals surface area (Å²) in [6, 6.07) is 7.02. The van der Waals surface area contributed by atoms with Crippen LogP contribution in [0.25, 0.3) is 0 Å². The number of carbonyl (C=O) groups excluding carboxylic acids is 1. The van der Waals surface area contributed by atoms with E-state index in [0.717, 1.165) is 6.07 Å². The van der Waals surface area contributed by atoms with Crippen molar-refractivity contribution >= 4 is 5.78 Å². The molecule has 5 rings (SSSR count). The summed E-state index contributed by atoms with van der Waals surface area (Å²) >= 11 is 0. The molecule has 0 saturated carbocycles. The van der Waals surface area contributed by atoms with Gasteiger partial charge in [0.1, 0.15) is 83.5 Å². The van der Waals surface area contributed by atoms with Crippen LogP contribution < -0.4 is 4.74 Å². The second-order valence-electron chi connectivity index (χ2n) is 9.97. The highest BCUT2D eigenvalue weighted by Gasteiger charge is 2.51. The number of hydrogen-bond donors (Lipinski definition) is 9. The molecule has 0 aliphatic carbocycles. The third kappa shape index (κ3) is 4.98. The molecule has 2 aromatic carbocycles. The van der Waals surface area contributed by atoms with Crippen LogP contribution in [0.4, 0.5) is 0 Å². The molecule has 40 heavy (non-hydrogen) atoms. The molecule has 14 heteroatoms. The van der Waals surface area contributed by atoms with Crippen LogP contribution >= 0.6 is 0 Å². The van der Waals surface area contributed by atoms with Gasteiger partial charge in [0.25, 0.3) is 0 Å². The van der Waals surface area contributed by atoms with Crippen molar-refractivity contribution in [1.82, 2.24) is 0 Å². The Labute approximate surface area is 226 Å². The van der Waals surface area contributed by atoms with Crippen LogP contribution in [0.5, 0.6) is 23.0 Å². The van der Waals surface area contributed by atoms with Crippen molar-refractivity contribution < 1.29 is 69.7 Å². The second-order valence-corrected chi connectivity index (χ2v) is 9.97. The normalized spacial score (nSPS) is 36.1. The van der Waals surface area contributed by atoms with E-state index in [1.165, 1.54) is 12.1 Å². The highest BCUT2D eigenvalue weighted by atomic mass is 16.7. The summed E-state index contributed by atoms with van der Waals surface area (Å²) in [6.45, 7) is -1.22. The number of aliphatic hydroxyl groups is 6. The molecule has 3 aliphatic rings. The minimum absolute atomic E-state index is 0.0146. The minimum Gasteiger partial charge on any atom is -0.508 e. The van der Waals surface area contributed by atoms with E-state index in [4.69, 9.17) is 18.9 Å². The molecule has 0 spiro atoms. The Morgan fingerprint density at radius 1 is 0.925 bits per heavy atom. The van der Waals surface area contributed by atoms with Crippen molar-refractivity contribution in [1.29, 1.82) is 0 Å². The molecule has 0 unspecified atom stereocenters. The molecular weight excluding hydrogens is 536 g/mol. The first-order valence-corrected chi connectivity index (χ1v) is 12.5. The molecule has 2 fully saturated rings. The SMILES string of the molecule is O=C1C[C@H](c2ccc(O)cc2)Oc2cc(O)c([C@H]3O[C@@H](CO)[C@@H](O)[C@@H](O)[C@H]3O[C@@H]3OC[C@@H](O)[C@@H](O)[C@H]3O)c(O)c21. The monoisotopic (exact) mass is 566 g/mol. The molecule has 9 N–H and O–H groups in total. The molecule has 2 saturated heterocycles. The van der Waals surface area contributed by atoms with Gasteiger partial charge in [0, 0.05) is 6.07 Å². The van der Waals surface area contributed by atoms with E-state index < -0.39 is 97.3 Å². The van der Waals surface area contributed by atoms with Crippen molar-refractivity contribution in [3.63, 3.8) is 0 Å². The third-order valence-corrected chi connectivity index (χ3v) is 7.36. The van der Waals surface area contributed by atoms with Crippen molar-refractivity contribution in [3.05, 3.63) is 47.0 Å². The lowest BCUT2D eigenvalue weighted by Gasteiger charge is -2.45. The molecular formula is C26H30O14. The van der Waals surface area contributed by atoms with E-state index in [-0.39, 0.29) is 23.5 Å². The Balaban J connectivity index is 1.51. The van der Waals surface area contributed by atoms with Gasteiger partial charge in [0.05, 0.1) is 25.2 Å². The van der Waals surface area contributed by atoms with Crippen LogP contribution in [0.1, 0.15) is 40.1 Å². The zero-order chi connectivity index (χ0) is 28.9. The Kier molecular flexibility index (Phi) is 7.89. The van der Waals surface area contributed by atoms with Gasteiger partial charge in [-0.15, -0.1) is 0 Å². The van der Waals surface area contributed by atoms with Gasteiger partial charge in [-0.1, -0.05) is 12.1 Å². The van der Waals surface area contributed by atoms with E-state index >= 15 is 0 Å². The fourth-order valence-electron chi connectivity index (χ4n) is 5.16. The van der Waals surface area contributed by atoms with Crippen LogP contribution in [-0.2, 0) is 14.2 Å². The summed E-state index contributed by atoms with van der Waals surface area (Å²) < 4.78 is 22.5. The van der Waals surface area contributed by atoms with E-state index in [0.29, 0.717) is 5.56 Å². The summed E-state index contributed by atoms with van der Waals surface area (Å²) in [5.74, 6) is -2.10. The zero-order valence-electron chi connectivity index (χ0n) is 20.8. The number of rotatable bonds is 5. The number of benzene rings is 2. The number of phenolic OH excluding ortho intramolecular Hbond substituents is 3. The van der Waals surface area contributed by atoms with Crippen LogP contribution in [-0.4, -0.2) is 114 Å². The number of Topliss-reactive ketones (excluding diaryl/α,β-unsaturated/α-hetero) is 1. The number of carbonyl (C=O) groups is 1. The van der Waals surface area contributed by atoms with Gasteiger partial charge >= 0.3 is 0 Å². The highest BCUT2D eigenvalue weighted by molar-refractivity contribution is 6.03. The molecule has 0 radical (unpaired) electrons.